The van der Waals surface area contributed by atoms with Crippen LogP contribution in [0.4, 0.5) is 5.82 Å². The Morgan fingerprint density at radius 2 is 1.95 bits per heavy atom. The van der Waals surface area contributed by atoms with Crippen LogP contribution >= 0.6 is 0 Å². The first-order valence-electron chi connectivity index (χ1n) is 5.94. The summed E-state index contributed by atoms with van der Waals surface area (Å²) >= 11 is 0. The van der Waals surface area contributed by atoms with E-state index in [4.69, 9.17) is 0 Å². The number of fused-ring (bicyclic) bond motifs is 1. The van der Waals surface area contributed by atoms with Crippen molar-refractivity contribution in [2.75, 3.05) is 5.32 Å². The van der Waals surface area contributed by atoms with Crippen molar-refractivity contribution in [2.24, 2.45) is 0 Å². The number of benzene rings is 1. The molecule has 3 rings (SSSR count). The van der Waals surface area contributed by atoms with Crippen LogP contribution < -0.4 is 5.32 Å². The number of para-hydroxylation sites is 2. The highest BCUT2D eigenvalue weighted by molar-refractivity contribution is 5.90. The largest absolute Gasteiger partial charge is 0.321 e. The minimum absolute atomic E-state index is 0.123. The number of carbonyl (C=O) groups excluding carboxylic acids is 1. The van der Waals surface area contributed by atoms with E-state index in [0.29, 0.717) is 5.82 Å². The monoisotopic (exact) mass is 252 g/mol. The number of aromatic nitrogens is 3. The van der Waals surface area contributed by atoms with E-state index in [2.05, 4.69) is 15.3 Å². The van der Waals surface area contributed by atoms with Gasteiger partial charge < -0.3 is 9.88 Å². The summed E-state index contributed by atoms with van der Waals surface area (Å²) in [6.07, 6.45) is 3.31. The molecule has 0 spiro atoms. The minimum Gasteiger partial charge on any atom is -0.321 e. The SMILES string of the molecule is O=C(Cn1cnc2ccccc21)Nc1ccccn1. The average Bonchev–Trinajstić information content (AvgIpc) is 2.83. The normalized spacial score (nSPS) is 10.5. The molecule has 0 aliphatic carbocycles. The molecule has 94 valence electrons. The number of rotatable bonds is 3. The summed E-state index contributed by atoms with van der Waals surface area (Å²) in [5.41, 5.74) is 1.83. The molecule has 0 bridgehead atoms. The van der Waals surface area contributed by atoms with Gasteiger partial charge in [0.25, 0.3) is 0 Å². The zero-order valence-corrected chi connectivity index (χ0v) is 10.2. The number of anilines is 1. The third-order valence-electron chi connectivity index (χ3n) is 2.77. The van der Waals surface area contributed by atoms with E-state index in [1.54, 1.807) is 24.7 Å². The second kappa shape index (κ2) is 4.89. The zero-order chi connectivity index (χ0) is 13.1. The van der Waals surface area contributed by atoms with Gasteiger partial charge in [-0.2, -0.15) is 0 Å². The van der Waals surface area contributed by atoms with Crippen molar-refractivity contribution in [3.63, 3.8) is 0 Å². The van der Waals surface area contributed by atoms with E-state index in [9.17, 15) is 4.79 Å². The highest BCUT2D eigenvalue weighted by Gasteiger charge is 2.07. The van der Waals surface area contributed by atoms with E-state index in [1.165, 1.54) is 0 Å². The van der Waals surface area contributed by atoms with Gasteiger partial charge in [0.1, 0.15) is 12.4 Å². The molecular formula is C14H12N4O. The van der Waals surface area contributed by atoms with Crippen LogP contribution in [0.5, 0.6) is 0 Å². The second-order valence-corrected chi connectivity index (χ2v) is 4.12. The number of imidazole rings is 1. The van der Waals surface area contributed by atoms with Gasteiger partial charge in [0.15, 0.2) is 0 Å². The van der Waals surface area contributed by atoms with Gasteiger partial charge in [0, 0.05) is 6.20 Å². The maximum absolute atomic E-state index is 11.9. The molecule has 0 radical (unpaired) electrons. The van der Waals surface area contributed by atoms with Crippen molar-refractivity contribution < 1.29 is 4.79 Å². The second-order valence-electron chi connectivity index (χ2n) is 4.12. The molecule has 1 N–H and O–H groups in total. The summed E-state index contributed by atoms with van der Waals surface area (Å²) in [6, 6.07) is 13.1. The Hall–Kier alpha value is -2.69. The van der Waals surface area contributed by atoms with Gasteiger partial charge in [-0.1, -0.05) is 18.2 Å². The van der Waals surface area contributed by atoms with Crippen molar-refractivity contribution in [2.45, 2.75) is 6.54 Å². The number of amides is 1. The van der Waals surface area contributed by atoms with Crippen molar-refractivity contribution in [1.82, 2.24) is 14.5 Å². The van der Waals surface area contributed by atoms with Crippen molar-refractivity contribution in [3.8, 4) is 0 Å². The summed E-state index contributed by atoms with van der Waals surface area (Å²) in [6.45, 7) is 0.219. The molecule has 0 aliphatic heterocycles. The third kappa shape index (κ3) is 2.44. The summed E-state index contributed by atoms with van der Waals surface area (Å²) in [4.78, 5) is 20.2. The lowest BCUT2D eigenvalue weighted by atomic mass is 10.3. The number of pyridine rings is 1. The fourth-order valence-corrected chi connectivity index (χ4v) is 1.91. The molecule has 0 atom stereocenters. The van der Waals surface area contributed by atoms with Crippen LogP contribution in [0.1, 0.15) is 0 Å². The molecule has 2 heterocycles. The highest BCUT2D eigenvalue weighted by Crippen LogP contribution is 2.11. The van der Waals surface area contributed by atoms with Gasteiger partial charge in [0.05, 0.1) is 17.4 Å². The molecule has 0 aliphatic rings. The lowest BCUT2D eigenvalue weighted by Gasteiger charge is -2.05. The lowest BCUT2D eigenvalue weighted by molar-refractivity contribution is -0.116. The van der Waals surface area contributed by atoms with E-state index in [0.717, 1.165) is 11.0 Å². The molecule has 0 unspecified atom stereocenters. The topological polar surface area (TPSA) is 59.8 Å². The first kappa shape index (κ1) is 11.4. The van der Waals surface area contributed by atoms with Crippen LogP contribution in [0.15, 0.2) is 55.0 Å². The van der Waals surface area contributed by atoms with Crippen LogP contribution in [-0.4, -0.2) is 20.4 Å². The Labute approximate surface area is 109 Å². The molecule has 3 aromatic rings. The van der Waals surface area contributed by atoms with Crippen molar-refractivity contribution >= 4 is 22.8 Å². The molecule has 0 fully saturated rings. The molecule has 5 nitrogen and oxygen atoms in total. The number of nitrogens with zero attached hydrogens (tertiary/aromatic N) is 3. The Bertz CT molecular complexity index is 706. The van der Waals surface area contributed by atoms with E-state index in [-0.39, 0.29) is 12.5 Å². The van der Waals surface area contributed by atoms with Gasteiger partial charge in [-0.25, -0.2) is 9.97 Å². The van der Waals surface area contributed by atoms with Gasteiger partial charge in [-0.05, 0) is 24.3 Å². The summed E-state index contributed by atoms with van der Waals surface area (Å²) in [5.74, 6) is 0.429. The average molecular weight is 252 g/mol. The Morgan fingerprint density at radius 1 is 1.11 bits per heavy atom. The van der Waals surface area contributed by atoms with Gasteiger partial charge in [-0.15, -0.1) is 0 Å². The van der Waals surface area contributed by atoms with Crippen molar-refractivity contribution in [1.29, 1.82) is 0 Å². The predicted octanol–water partition coefficient (Wildman–Crippen LogP) is 2.07. The molecule has 0 saturated heterocycles. The van der Waals surface area contributed by atoms with Crippen molar-refractivity contribution in [3.05, 3.63) is 55.0 Å². The third-order valence-corrected chi connectivity index (χ3v) is 2.77. The molecule has 0 saturated carbocycles. The zero-order valence-electron chi connectivity index (χ0n) is 10.2. The predicted molar refractivity (Wildman–Crippen MR) is 72.6 cm³/mol. The molecule has 1 amide bonds. The number of nitrogens with one attached hydrogen (secondary N) is 1. The molecule has 5 heteroatoms. The van der Waals surface area contributed by atoms with Crippen LogP contribution in [0.25, 0.3) is 11.0 Å². The van der Waals surface area contributed by atoms with Crippen LogP contribution in [-0.2, 0) is 11.3 Å². The summed E-state index contributed by atoms with van der Waals surface area (Å²) in [7, 11) is 0. The number of hydrogen-bond donors (Lipinski definition) is 1. The molecule has 1 aromatic carbocycles. The summed E-state index contributed by atoms with van der Waals surface area (Å²) in [5, 5.41) is 2.75. The van der Waals surface area contributed by atoms with Gasteiger partial charge >= 0.3 is 0 Å². The maximum atomic E-state index is 11.9. The van der Waals surface area contributed by atoms with Gasteiger partial charge in [-0.3, -0.25) is 4.79 Å². The lowest BCUT2D eigenvalue weighted by Crippen LogP contribution is -2.18. The molecule has 19 heavy (non-hydrogen) atoms. The Kier molecular flexibility index (Phi) is 2.94. The summed E-state index contributed by atoms with van der Waals surface area (Å²) < 4.78 is 1.81. The van der Waals surface area contributed by atoms with E-state index >= 15 is 0 Å². The van der Waals surface area contributed by atoms with E-state index in [1.807, 2.05) is 34.9 Å². The number of hydrogen-bond acceptors (Lipinski definition) is 3. The molecular weight excluding hydrogens is 240 g/mol. The number of carbonyl (C=O) groups is 1. The standard InChI is InChI=1S/C14H12N4O/c19-14(17-13-7-3-4-8-15-13)9-18-10-16-11-5-1-2-6-12(11)18/h1-8,10H,9H2,(H,15,17,19). The van der Waals surface area contributed by atoms with Crippen LogP contribution in [0.2, 0.25) is 0 Å². The van der Waals surface area contributed by atoms with Gasteiger partial charge in [0.2, 0.25) is 5.91 Å². The first-order valence-corrected chi connectivity index (χ1v) is 5.94. The van der Waals surface area contributed by atoms with Crippen LogP contribution in [0.3, 0.4) is 0 Å². The highest BCUT2D eigenvalue weighted by atomic mass is 16.2. The Morgan fingerprint density at radius 3 is 2.79 bits per heavy atom. The smallest absolute Gasteiger partial charge is 0.245 e. The molecule has 2 aromatic heterocycles. The minimum atomic E-state index is -0.123. The fourth-order valence-electron chi connectivity index (χ4n) is 1.91. The van der Waals surface area contributed by atoms with Crippen LogP contribution in [0, 0.1) is 0 Å². The first-order chi connectivity index (χ1) is 9.33. The maximum Gasteiger partial charge on any atom is 0.245 e. The van der Waals surface area contributed by atoms with E-state index < -0.39 is 0 Å². The Balaban J connectivity index is 1.76. The quantitative estimate of drug-likeness (QED) is 0.776. The fraction of sp³-hybridized carbons (Fsp3) is 0.0714.